The summed E-state index contributed by atoms with van der Waals surface area (Å²) in [6.45, 7) is 9.93. The maximum Gasteiger partial charge on any atom is 0.237 e. The Labute approximate surface area is 157 Å². The Morgan fingerprint density at radius 3 is 2.58 bits per heavy atom. The third kappa shape index (κ3) is 4.84. The van der Waals surface area contributed by atoms with Gasteiger partial charge in [0.25, 0.3) is 0 Å². The minimum Gasteiger partial charge on any atom is -0.352 e. The second-order valence-corrected chi connectivity index (χ2v) is 8.46. The van der Waals surface area contributed by atoms with Crippen LogP contribution in [0.3, 0.4) is 0 Å². The van der Waals surface area contributed by atoms with E-state index in [4.69, 9.17) is 5.73 Å². The van der Waals surface area contributed by atoms with E-state index in [9.17, 15) is 4.79 Å². The number of nitrogens with zero attached hydrogens (tertiary/aromatic N) is 2. The first-order chi connectivity index (χ1) is 12.5. The molecule has 0 aromatic heterocycles. The standard InChI is InChI=1S/C21H34N4O/c1-17(25-13-10-21(2,15-22)16-25)20(26)23-19-8-11-24(12-9-19)14-18-6-4-3-5-7-18/h3-7,17,19H,8-16,22H2,1-2H3,(H,23,26). The number of nitrogens with one attached hydrogen (secondary N) is 1. The van der Waals surface area contributed by atoms with Gasteiger partial charge in [-0.15, -0.1) is 0 Å². The van der Waals surface area contributed by atoms with E-state index in [-0.39, 0.29) is 17.4 Å². The molecule has 2 atom stereocenters. The molecule has 0 bridgehead atoms. The number of rotatable bonds is 6. The van der Waals surface area contributed by atoms with Crippen molar-refractivity contribution >= 4 is 5.91 Å². The quantitative estimate of drug-likeness (QED) is 0.814. The number of amides is 1. The monoisotopic (exact) mass is 358 g/mol. The van der Waals surface area contributed by atoms with Gasteiger partial charge < -0.3 is 11.1 Å². The molecule has 2 fully saturated rings. The van der Waals surface area contributed by atoms with Gasteiger partial charge in [-0.05, 0) is 50.3 Å². The molecule has 0 saturated carbocycles. The summed E-state index contributed by atoms with van der Waals surface area (Å²) in [4.78, 5) is 17.4. The fourth-order valence-electron chi connectivity index (χ4n) is 4.12. The van der Waals surface area contributed by atoms with Gasteiger partial charge in [-0.3, -0.25) is 14.6 Å². The van der Waals surface area contributed by atoms with Gasteiger partial charge in [-0.2, -0.15) is 0 Å². The highest BCUT2D eigenvalue weighted by Gasteiger charge is 2.37. The Bertz CT molecular complexity index is 585. The molecule has 5 nitrogen and oxygen atoms in total. The first-order valence-corrected chi connectivity index (χ1v) is 10.00. The number of likely N-dealkylation sites (tertiary alicyclic amines) is 2. The molecular weight excluding hydrogens is 324 g/mol. The lowest BCUT2D eigenvalue weighted by Gasteiger charge is -2.34. The number of nitrogens with two attached hydrogens (primary N) is 1. The maximum absolute atomic E-state index is 12.7. The van der Waals surface area contributed by atoms with Gasteiger partial charge in [0, 0.05) is 32.2 Å². The van der Waals surface area contributed by atoms with Crippen molar-refractivity contribution in [3.05, 3.63) is 35.9 Å². The van der Waals surface area contributed by atoms with Crippen molar-refractivity contribution < 1.29 is 4.79 Å². The van der Waals surface area contributed by atoms with Crippen molar-refractivity contribution in [3.8, 4) is 0 Å². The third-order valence-corrected chi connectivity index (χ3v) is 6.19. The molecule has 3 N–H and O–H groups in total. The van der Waals surface area contributed by atoms with Gasteiger partial charge in [0.2, 0.25) is 5.91 Å². The van der Waals surface area contributed by atoms with Crippen molar-refractivity contribution in [2.24, 2.45) is 11.1 Å². The molecule has 3 rings (SSSR count). The van der Waals surface area contributed by atoms with Gasteiger partial charge >= 0.3 is 0 Å². The Morgan fingerprint density at radius 1 is 1.27 bits per heavy atom. The maximum atomic E-state index is 12.7. The number of benzene rings is 1. The van der Waals surface area contributed by atoms with E-state index in [2.05, 4.69) is 52.4 Å². The zero-order valence-electron chi connectivity index (χ0n) is 16.3. The molecule has 1 aromatic rings. The van der Waals surface area contributed by atoms with E-state index in [1.54, 1.807) is 0 Å². The summed E-state index contributed by atoms with van der Waals surface area (Å²) >= 11 is 0. The van der Waals surface area contributed by atoms with E-state index in [1.807, 2.05) is 6.92 Å². The molecule has 1 amide bonds. The van der Waals surface area contributed by atoms with Crippen LogP contribution in [-0.2, 0) is 11.3 Å². The minimum atomic E-state index is -0.0641. The first kappa shape index (κ1) is 19.3. The van der Waals surface area contributed by atoms with E-state index in [0.29, 0.717) is 12.6 Å². The van der Waals surface area contributed by atoms with Crippen LogP contribution >= 0.6 is 0 Å². The van der Waals surface area contributed by atoms with Crippen LogP contribution in [-0.4, -0.2) is 60.5 Å². The molecule has 2 saturated heterocycles. The highest BCUT2D eigenvalue weighted by molar-refractivity contribution is 5.81. The lowest BCUT2D eigenvalue weighted by atomic mass is 9.90. The largest absolute Gasteiger partial charge is 0.352 e. The number of carbonyl (C=O) groups is 1. The number of hydrogen-bond donors (Lipinski definition) is 2. The number of hydrogen-bond acceptors (Lipinski definition) is 4. The van der Waals surface area contributed by atoms with Gasteiger partial charge in [0.15, 0.2) is 0 Å². The fourth-order valence-corrected chi connectivity index (χ4v) is 4.12. The third-order valence-electron chi connectivity index (χ3n) is 6.19. The van der Waals surface area contributed by atoms with Crippen LogP contribution in [0.1, 0.15) is 38.7 Å². The second-order valence-electron chi connectivity index (χ2n) is 8.46. The summed E-state index contributed by atoms with van der Waals surface area (Å²) in [5.41, 5.74) is 7.42. The Hall–Kier alpha value is -1.43. The molecule has 2 heterocycles. The molecule has 0 spiro atoms. The average molecular weight is 359 g/mol. The van der Waals surface area contributed by atoms with E-state index in [1.165, 1.54) is 5.56 Å². The van der Waals surface area contributed by atoms with Crippen LogP contribution < -0.4 is 11.1 Å². The lowest BCUT2D eigenvalue weighted by molar-refractivity contribution is -0.126. The fraction of sp³-hybridized carbons (Fsp3) is 0.667. The molecule has 2 aliphatic heterocycles. The summed E-state index contributed by atoms with van der Waals surface area (Å²) in [5, 5.41) is 3.29. The SMILES string of the molecule is CC(C(=O)NC1CCN(Cc2ccccc2)CC1)N1CCC(C)(CN)C1. The number of carbonyl (C=O) groups excluding carboxylic acids is 1. The molecule has 5 heteroatoms. The zero-order chi connectivity index (χ0) is 18.6. The molecule has 26 heavy (non-hydrogen) atoms. The Balaban J connectivity index is 1.42. The van der Waals surface area contributed by atoms with Crippen molar-refractivity contribution in [2.45, 2.75) is 51.7 Å². The summed E-state index contributed by atoms with van der Waals surface area (Å²) < 4.78 is 0. The summed E-state index contributed by atoms with van der Waals surface area (Å²) in [6, 6.07) is 10.9. The minimum absolute atomic E-state index is 0.0641. The Morgan fingerprint density at radius 2 is 1.96 bits per heavy atom. The van der Waals surface area contributed by atoms with Crippen LogP contribution in [0.4, 0.5) is 0 Å². The van der Waals surface area contributed by atoms with Gasteiger partial charge in [0.1, 0.15) is 0 Å². The molecule has 144 valence electrons. The van der Waals surface area contributed by atoms with E-state index < -0.39 is 0 Å². The predicted octanol–water partition coefficient (Wildman–Crippen LogP) is 1.83. The van der Waals surface area contributed by atoms with Crippen molar-refractivity contribution in [1.29, 1.82) is 0 Å². The lowest BCUT2D eigenvalue weighted by Crippen LogP contribution is -2.51. The smallest absolute Gasteiger partial charge is 0.237 e. The van der Waals surface area contributed by atoms with Crippen LogP contribution in [0.15, 0.2) is 30.3 Å². The van der Waals surface area contributed by atoms with Gasteiger partial charge in [0.05, 0.1) is 6.04 Å². The highest BCUT2D eigenvalue weighted by Crippen LogP contribution is 2.29. The van der Waals surface area contributed by atoms with Crippen molar-refractivity contribution in [3.63, 3.8) is 0 Å². The van der Waals surface area contributed by atoms with Crippen molar-refractivity contribution in [2.75, 3.05) is 32.7 Å². The Kier molecular flexibility index (Phi) is 6.33. The normalized spacial score (nSPS) is 26.7. The topological polar surface area (TPSA) is 61.6 Å². The molecule has 1 aromatic carbocycles. The van der Waals surface area contributed by atoms with E-state index in [0.717, 1.165) is 52.0 Å². The summed E-state index contributed by atoms with van der Waals surface area (Å²) in [6.07, 6.45) is 3.15. The molecule has 2 unspecified atom stereocenters. The summed E-state index contributed by atoms with van der Waals surface area (Å²) in [7, 11) is 0. The van der Waals surface area contributed by atoms with Crippen LogP contribution in [0.5, 0.6) is 0 Å². The molecule has 2 aliphatic rings. The van der Waals surface area contributed by atoms with Crippen LogP contribution in [0, 0.1) is 5.41 Å². The summed E-state index contributed by atoms with van der Waals surface area (Å²) in [5.74, 6) is 0.174. The van der Waals surface area contributed by atoms with Crippen LogP contribution in [0.2, 0.25) is 0 Å². The predicted molar refractivity (Wildman–Crippen MR) is 106 cm³/mol. The average Bonchev–Trinajstić information content (AvgIpc) is 3.06. The molecule has 0 radical (unpaired) electrons. The van der Waals surface area contributed by atoms with Crippen LogP contribution in [0.25, 0.3) is 0 Å². The zero-order valence-corrected chi connectivity index (χ0v) is 16.3. The highest BCUT2D eigenvalue weighted by atomic mass is 16.2. The number of piperidine rings is 1. The van der Waals surface area contributed by atoms with Gasteiger partial charge in [-0.25, -0.2) is 0 Å². The molecule has 0 aliphatic carbocycles. The van der Waals surface area contributed by atoms with Gasteiger partial charge in [-0.1, -0.05) is 37.3 Å². The van der Waals surface area contributed by atoms with Crippen molar-refractivity contribution in [1.82, 2.24) is 15.1 Å². The second kappa shape index (κ2) is 8.51. The molecular formula is C21H34N4O. The van der Waals surface area contributed by atoms with E-state index >= 15 is 0 Å². The first-order valence-electron chi connectivity index (χ1n) is 10.00.